The molecule has 1 aromatic carbocycles. The number of ketones is 1. The minimum Gasteiger partial charge on any atom is -0.294 e. The van der Waals surface area contributed by atoms with Gasteiger partial charge in [-0.05, 0) is 5.92 Å². The molecule has 4 nitrogen and oxygen atoms in total. The highest BCUT2D eigenvalue weighted by Crippen LogP contribution is 2.28. The van der Waals surface area contributed by atoms with Crippen molar-refractivity contribution in [2.24, 2.45) is 11.8 Å². The lowest BCUT2D eigenvalue weighted by atomic mass is 9.86. The fourth-order valence-corrected chi connectivity index (χ4v) is 2.50. The molecule has 4 heteroatoms. The molecule has 0 bridgehead atoms. The van der Waals surface area contributed by atoms with Gasteiger partial charge in [-0.15, -0.1) is 0 Å². The average molecular weight is 257 g/mol. The van der Waals surface area contributed by atoms with E-state index in [9.17, 15) is 4.79 Å². The lowest BCUT2D eigenvalue weighted by molar-refractivity contribution is 0.0857. The summed E-state index contributed by atoms with van der Waals surface area (Å²) in [5.74, 6) is 0.322. The van der Waals surface area contributed by atoms with E-state index in [1.54, 1.807) is 11.0 Å². The maximum Gasteiger partial charge on any atom is 0.167 e. The molecular weight excluding hydrogens is 238 g/mol. The SMILES string of the molecule is CC(C)C(C(C)C(=O)c1ccccc1)n1cncn1. The molecule has 19 heavy (non-hydrogen) atoms. The molecule has 0 aliphatic heterocycles. The Balaban J connectivity index is 2.26. The molecule has 2 aromatic rings. The molecule has 2 rings (SSSR count). The summed E-state index contributed by atoms with van der Waals surface area (Å²) in [5.41, 5.74) is 0.751. The van der Waals surface area contributed by atoms with Crippen LogP contribution < -0.4 is 0 Å². The number of carbonyl (C=O) groups excluding carboxylic acids is 1. The average Bonchev–Trinajstić information content (AvgIpc) is 2.92. The molecule has 0 aliphatic rings. The zero-order valence-electron chi connectivity index (χ0n) is 11.5. The van der Waals surface area contributed by atoms with Gasteiger partial charge in [0.2, 0.25) is 0 Å². The minimum atomic E-state index is -0.135. The van der Waals surface area contributed by atoms with E-state index in [1.165, 1.54) is 6.33 Å². The molecule has 0 spiro atoms. The molecule has 0 saturated heterocycles. The van der Waals surface area contributed by atoms with E-state index >= 15 is 0 Å². The van der Waals surface area contributed by atoms with Crippen LogP contribution in [0.4, 0.5) is 0 Å². The summed E-state index contributed by atoms with van der Waals surface area (Å²) in [6, 6.07) is 9.43. The van der Waals surface area contributed by atoms with Gasteiger partial charge in [-0.3, -0.25) is 4.79 Å². The molecule has 0 saturated carbocycles. The van der Waals surface area contributed by atoms with Crippen molar-refractivity contribution in [1.82, 2.24) is 14.8 Å². The molecule has 0 N–H and O–H groups in total. The van der Waals surface area contributed by atoms with Crippen LogP contribution in [-0.2, 0) is 0 Å². The minimum absolute atomic E-state index is 0.0233. The van der Waals surface area contributed by atoms with Gasteiger partial charge in [0.05, 0.1) is 6.04 Å². The Morgan fingerprint density at radius 3 is 2.37 bits per heavy atom. The highest BCUT2D eigenvalue weighted by Gasteiger charge is 2.29. The van der Waals surface area contributed by atoms with Crippen molar-refractivity contribution in [1.29, 1.82) is 0 Å². The van der Waals surface area contributed by atoms with Gasteiger partial charge in [0.25, 0.3) is 0 Å². The zero-order valence-corrected chi connectivity index (χ0v) is 11.5. The summed E-state index contributed by atoms with van der Waals surface area (Å²) in [6.45, 7) is 6.16. The second-order valence-corrected chi connectivity index (χ2v) is 5.13. The van der Waals surface area contributed by atoms with Gasteiger partial charge in [-0.2, -0.15) is 5.10 Å². The van der Waals surface area contributed by atoms with E-state index in [4.69, 9.17) is 0 Å². The summed E-state index contributed by atoms with van der Waals surface area (Å²) in [7, 11) is 0. The molecule has 0 amide bonds. The Labute approximate surface area is 113 Å². The summed E-state index contributed by atoms with van der Waals surface area (Å²) in [5, 5.41) is 4.19. The van der Waals surface area contributed by atoms with Crippen LogP contribution in [0.3, 0.4) is 0 Å². The van der Waals surface area contributed by atoms with Crippen molar-refractivity contribution in [2.75, 3.05) is 0 Å². The lowest BCUT2D eigenvalue weighted by Gasteiger charge is -2.26. The molecule has 0 fully saturated rings. The second kappa shape index (κ2) is 5.78. The van der Waals surface area contributed by atoms with Gasteiger partial charge in [0.1, 0.15) is 12.7 Å². The Kier molecular flexibility index (Phi) is 4.10. The normalized spacial score (nSPS) is 14.3. The van der Waals surface area contributed by atoms with Crippen LogP contribution in [-0.4, -0.2) is 20.5 Å². The van der Waals surface area contributed by atoms with Gasteiger partial charge >= 0.3 is 0 Å². The molecule has 1 aromatic heterocycles. The van der Waals surface area contributed by atoms with E-state index in [0.717, 1.165) is 5.56 Å². The van der Waals surface area contributed by atoms with Crippen molar-refractivity contribution in [3.8, 4) is 0 Å². The fraction of sp³-hybridized carbons (Fsp3) is 0.400. The standard InChI is InChI=1S/C15H19N3O/c1-11(2)14(18-10-16-9-17-18)12(3)15(19)13-7-5-4-6-8-13/h4-12,14H,1-3H3. The molecule has 0 aliphatic carbocycles. The van der Waals surface area contributed by atoms with Gasteiger partial charge in [0.15, 0.2) is 5.78 Å². The Bertz CT molecular complexity index is 520. The summed E-state index contributed by atoms with van der Waals surface area (Å²) >= 11 is 0. The Morgan fingerprint density at radius 1 is 1.16 bits per heavy atom. The predicted octanol–water partition coefficient (Wildman–Crippen LogP) is 2.99. The number of rotatable bonds is 5. The smallest absolute Gasteiger partial charge is 0.167 e. The van der Waals surface area contributed by atoms with E-state index < -0.39 is 0 Å². The number of Topliss-reactive ketones (excluding diaryl/α,β-unsaturated/α-hetero) is 1. The Morgan fingerprint density at radius 2 is 1.84 bits per heavy atom. The Hall–Kier alpha value is -1.97. The molecule has 2 unspecified atom stereocenters. The van der Waals surface area contributed by atoms with Crippen molar-refractivity contribution < 1.29 is 4.79 Å². The number of benzene rings is 1. The molecule has 1 heterocycles. The van der Waals surface area contributed by atoms with Crippen molar-refractivity contribution in [2.45, 2.75) is 26.8 Å². The van der Waals surface area contributed by atoms with Crippen LogP contribution in [0.5, 0.6) is 0 Å². The third kappa shape index (κ3) is 2.89. The number of nitrogens with zero attached hydrogens (tertiary/aromatic N) is 3. The zero-order chi connectivity index (χ0) is 13.8. The molecular formula is C15H19N3O. The highest BCUT2D eigenvalue weighted by atomic mass is 16.1. The van der Waals surface area contributed by atoms with E-state index in [-0.39, 0.29) is 17.7 Å². The third-order valence-electron chi connectivity index (χ3n) is 3.41. The van der Waals surface area contributed by atoms with Crippen LogP contribution in [0.15, 0.2) is 43.0 Å². The van der Waals surface area contributed by atoms with Gasteiger partial charge < -0.3 is 0 Å². The largest absolute Gasteiger partial charge is 0.294 e. The number of carbonyl (C=O) groups is 1. The first-order chi connectivity index (χ1) is 9.11. The van der Waals surface area contributed by atoms with Crippen molar-refractivity contribution in [3.05, 3.63) is 48.5 Å². The van der Waals surface area contributed by atoms with Crippen LogP contribution in [0, 0.1) is 11.8 Å². The molecule has 0 radical (unpaired) electrons. The maximum absolute atomic E-state index is 12.5. The van der Waals surface area contributed by atoms with Crippen LogP contribution in [0.25, 0.3) is 0 Å². The van der Waals surface area contributed by atoms with Gasteiger partial charge in [-0.1, -0.05) is 51.1 Å². The predicted molar refractivity (Wildman–Crippen MR) is 73.8 cm³/mol. The number of hydrogen-bond acceptors (Lipinski definition) is 3. The monoisotopic (exact) mass is 257 g/mol. The first kappa shape index (κ1) is 13.5. The summed E-state index contributed by atoms with van der Waals surface area (Å²) in [6.07, 6.45) is 3.19. The fourth-order valence-electron chi connectivity index (χ4n) is 2.50. The maximum atomic E-state index is 12.5. The van der Waals surface area contributed by atoms with Crippen LogP contribution in [0.2, 0.25) is 0 Å². The summed E-state index contributed by atoms with van der Waals surface area (Å²) in [4.78, 5) is 16.5. The van der Waals surface area contributed by atoms with E-state index in [1.807, 2.05) is 37.3 Å². The van der Waals surface area contributed by atoms with E-state index in [0.29, 0.717) is 5.92 Å². The summed E-state index contributed by atoms with van der Waals surface area (Å²) < 4.78 is 1.79. The van der Waals surface area contributed by atoms with Crippen molar-refractivity contribution >= 4 is 5.78 Å². The van der Waals surface area contributed by atoms with E-state index in [2.05, 4.69) is 23.9 Å². The van der Waals surface area contributed by atoms with Gasteiger partial charge in [-0.25, -0.2) is 9.67 Å². The third-order valence-corrected chi connectivity index (χ3v) is 3.41. The molecule has 100 valence electrons. The lowest BCUT2D eigenvalue weighted by Crippen LogP contribution is -2.28. The van der Waals surface area contributed by atoms with Crippen molar-refractivity contribution in [3.63, 3.8) is 0 Å². The van der Waals surface area contributed by atoms with Crippen LogP contribution >= 0.6 is 0 Å². The topological polar surface area (TPSA) is 47.8 Å². The molecule has 2 atom stereocenters. The quantitative estimate of drug-likeness (QED) is 0.774. The number of aromatic nitrogens is 3. The first-order valence-electron chi connectivity index (χ1n) is 6.54. The first-order valence-corrected chi connectivity index (χ1v) is 6.54. The van der Waals surface area contributed by atoms with Gasteiger partial charge in [0, 0.05) is 11.5 Å². The highest BCUT2D eigenvalue weighted by molar-refractivity contribution is 5.97. The van der Waals surface area contributed by atoms with Crippen LogP contribution in [0.1, 0.15) is 37.2 Å². The second-order valence-electron chi connectivity index (χ2n) is 5.13. The number of hydrogen-bond donors (Lipinski definition) is 0.